The summed E-state index contributed by atoms with van der Waals surface area (Å²) in [6.07, 6.45) is 1.38. The van der Waals surface area contributed by atoms with Gasteiger partial charge in [0.05, 0.1) is 18.1 Å². The summed E-state index contributed by atoms with van der Waals surface area (Å²) >= 11 is 0. The summed E-state index contributed by atoms with van der Waals surface area (Å²) in [6, 6.07) is 7.03. The van der Waals surface area contributed by atoms with Gasteiger partial charge in [-0.25, -0.2) is 4.79 Å². The first-order chi connectivity index (χ1) is 14.5. The van der Waals surface area contributed by atoms with Crippen molar-refractivity contribution in [3.63, 3.8) is 0 Å². The molecule has 10 nitrogen and oxygen atoms in total. The van der Waals surface area contributed by atoms with Crippen LogP contribution in [-0.4, -0.2) is 56.9 Å². The Labute approximate surface area is 173 Å². The van der Waals surface area contributed by atoms with Crippen molar-refractivity contribution >= 4 is 23.6 Å². The van der Waals surface area contributed by atoms with E-state index in [0.717, 1.165) is 11.3 Å². The molecule has 0 radical (unpaired) electrons. The van der Waals surface area contributed by atoms with Crippen LogP contribution in [0, 0.1) is 5.92 Å². The summed E-state index contributed by atoms with van der Waals surface area (Å²) in [5, 5.41) is 24.6. The second-order valence-electron chi connectivity index (χ2n) is 7.39. The minimum atomic E-state index is -1.03. The predicted molar refractivity (Wildman–Crippen MR) is 108 cm³/mol. The van der Waals surface area contributed by atoms with Crippen LogP contribution in [0.25, 0.3) is 0 Å². The van der Waals surface area contributed by atoms with Crippen molar-refractivity contribution in [3.8, 4) is 0 Å². The van der Waals surface area contributed by atoms with E-state index >= 15 is 0 Å². The fraction of sp³-hybridized carbons (Fsp3) is 0.450. The van der Waals surface area contributed by atoms with Crippen LogP contribution >= 0.6 is 0 Å². The Hall–Kier alpha value is -3.43. The van der Waals surface area contributed by atoms with E-state index in [9.17, 15) is 14.7 Å². The summed E-state index contributed by atoms with van der Waals surface area (Å²) in [5.41, 5.74) is 2.42. The maximum Gasteiger partial charge on any atom is 0.335 e. The molecule has 1 fully saturated rings. The third-order valence-corrected chi connectivity index (χ3v) is 5.63. The summed E-state index contributed by atoms with van der Waals surface area (Å²) in [6.45, 7) is 5.26. The van der Waals surface area contributed by atoms with Gasteiger partial charge in [0.25, 0.3) is 0 Å². The van der Waals surface area contributed by atoms with E-state index < -0.39 is 12.0 Å². The van der Waals surface area contributed by atoms with E-state index in [1.807, 2.05) is 31.2 Å². The van der Waals surface area contributed by atoms with Gasteiger partial charge in [-0.05, 0) is 43.2 Å². The van der Waals surface area contributed by atoms with Gasteiger partial charge in [-0.15, -0.1) is 0 Å². The summed E-state index contributed by atoms with van der Waals surface area (Å²) < 4.78 is 6.66. The number of hydrogen-bond acceptors (Lipinski definition) is 8. The molecule has 1 aromatic heterocycles. The normalized spacial score (nSPS) is 19.3. The number of fused-ring (bicyclic) bond motifs is 1. The minimum absolute atomic E-state index is 0.102. The second kappa shape index (κ2) is 8.13. The Morgan fingerprint density at radius 3 is 2.70 bits per heavy atom. The molecule has 2 aliphatic rings. The summed E-state index contributed by atoms with van der Waals surface area (Å²) in [5.74, 6) is -0.871. The van der Waals surface area contributed by atoms with Crippen LogP contribution in [0.4, 0.5) is 11.6 Å². The van der Waals surface area contributed by atoms with Gasteiger partial charge in [0.2, 0.25) is 5.95 Å². The molecule has 3 heterocycles. The van der Waals surface area contributed by atoms with Crippen LogP contribution in [0.1, 0.15) is 38.3 Å². The van der Waals surface area contributed by atoms with Gasteiger partial charge in [0, 0.05) is 30.0 Å². The number of rotatable bonds is 5. The SMILES string of the molecule is CCOC(=O)C1CCN(c2ccccc2C2C(C(=O)O)=C(C)Nc3nnnn32)CC1. The number of allylic oxidation sites excluding steroid dienone is 1. The van der Waals surface area contributed by atoms with Crippen LogP contribution in [0.2, 0.25) is 0 Å². The largest absolute Gasteiger partial charge is 0.478 e. The molecule has 10 heteroatoms. The number of carbonyl (C=O) groups is 2. The number of aromatic nitrogens is 4. The first kappa shape index (κ1) is 19.9. The quantitative estimate of drug-likeness (QED) is 0.708. The van der Waals surface area contributed by atoms with Crippen LogP contribution < -0.4 is 10.2 Å². The Balaban J connectivity index is 1.68. The zero-order valence-electron chi connectivity index (χ0n) is 16.9. The standard InChI is InChI=1S/C20H24N6O4/c1-3-30-19(29)13-8-10-25(11-9-13)15-7-5-4-6-14(15)17-16(18(27)28)12(2)21-20-22-23-24-26(17)20/h4-7,13,17H,3,8-11H2,1-2H3,(H,27,28)(H,21,22,24). The van der Waals surface area contributed by atoms with E-state index in [1.54, 1.807) is 6.92 Å². The Morgan fingerprint density at radius 1 is 1.27 bits per heavy atom. The van der Waals surface area contributed by atoms with E-state index in [4.69, 9.17) is 4.74 Å². The van der Waals surface area contributed by atoms with Crippen molar-refractivity contribution in [2.45, 2.75) is 32.7 Å². The number of hydrogen-bond donors (Lipinski definition) is 2. The molecule has 0 amide bonds. The first-order valence-electron chi connectivity index (χ1n) is 10.0. The molecule has 2 aliphatic heterocycles. The average Bonchev–Trinajstić information content (AvgIpc) is 3.21. The number of aliphatic carboxylic acids is 1. The maximum absolute atomic E-state index is 12.1. The highest BCUT2D eigenvalue weighted by molar-refractivity contribution is 5.91. The number of tetrazole rings is 1. The fourth-order valence-corrected chi connectivity index (χ4v) is 4.20. The Morgan fingerprint density at radius 2 is 2.00 bits per heavy atom. The number of piperidine rings is 1. The van der Waals surface area contributed by atoms with Gasteiger partial charge >= 0.3 is 11.9 Å². The molecule has 0 spiro atoms. The van der Waals surface area contributed by atoms with Gasteiger partial charge in [-0.2, -0.15) is 4.68 Å². The lowest BCUT2D eigenvalue weighted by Gasteiger charge is -2.36. The molecule has 2 N–H and O–H groups in total. The monoisotopic (exact) mass is 412 g/mol. The van der Waals surface area contributed by atoms with Crippen molar-refractivity contribution < 1.29 is 19.4 Å². The summed E-state index contributed by atoms with van der Waals surface area (Å²) in [4.78, 5) is 26.4. The molecular formula is C20H24N6O4. The van der Waals surface area contributed by atoms with E-state index in [0.29, 0.717) is 44.2 Å². The Bertz CT molecular complexity index is 993. The molecule has 158 valence electrons. The van der Waals surface area contributed by atoms with Crippen LogP contribution in [0.3, 0.4) is 0 Å². The molecule has 1 unspecified atom stereocenters. The van der Waals surface area contributed by atoms with Crippen molar-refractivity contribution in [1.29, 1.82) is 0 Å². The lowest BCUT2D eigenvalue weighted by molar-refractivity contribution is -0.148. The van der Waals surface area contributed by atoms with Gasteiger partial charge in [-0.1, -0.05) is 23.3 Å². The predicted octanol–water partition coefficient (Wildman–Crippen LogP) is 1.83. The zero-order valence-corrected chi connectivity index (χ0v) is 16.9. The van der Waals surface area contributed by atoms with Crippen molar-refractivity contribution in [1.82, 2.24) is 20.2 Å². The Kier molecular flexibility index (Phi) is 5.39. The summed E-state index contributed by atoms with van der Waals surface area (Å²) in [7, 11) is 0. The number of esters is 1. The highest BCUT2D eigenvalue weighted by Crippen LogP contribution is 2.39. The number of carboxylic acids is 1. The highest BCUT2D eigenvalue weighted by Gasteiger charge is 2.36. The van der Waals surface area contributed by atoms with Gasteiger partial charge in [-0.3, -0.25) is 4.79 Å². The number of ether oxygens (including phenoxy) is 1. The molecule has 1 aromatic carbocycles. The van der Waals surface area contributed by atoms with Crippen LogP contribution in [-0.2, 0) is 14.3 Å². The van der Waals surface area contributed by atoms with Crippen molar-refractivity contribution in [3.05, 3.63) is 41.1 Å². The minimum Gasteiger partial charge on any atom is -0.478 e. The molecule has 0 bridgehead atoms. The number of carbonyl (C=O) groups excluding carboxylic acids is 1. The lowest BCUT2D eigenvalue weighted by atomic mass is 9.92. The van der Waals surface area contributed by atoms with E-state index in [2.05, 4.69) is 25.7 Å². The van der Waals surface area contributed by atoms with Gasteiger partial charge < -0.3 is 20.1 Å². The molecule has 0 aliphatic carbocycles. The third kappa shape index (κ3) is 3.49. The number of carboxylic acid groups (broad SMARTS) is 1. The number of anilines is 2. The van der Waals surface area contributed by atoms with Crippen LogP contribution in [0.5, 0.6) is 0 Å². The number of para-hydroxylation sites is 1. The van der Waals surface area contributed by atoms with E-state index in [1.165, 1.54) is 4.68 Å². The maximum atomic E-state index is 12.1. The number of benzene rings is 1. The van der Waals surface area contributed by atoms with Crippen LogP contribution in [0.15, 0.2) is 35.5 Å². The van der Waals surface area contributed by atoms with Gasteiger partial charge in [0.1, 0.15) is 6.04 Å². The second-order valence-corrected chi connectivity index (χ2v) is 7.39. The molecule has 30 heavy (non-hydrogen) atoms. The fourth-order valence-electron chi connectivity index (χ4n) is 4.20. The number of nitrogens with one attached hydrogen (secondary N) is 1. The third-order valence-electron chi connectivity index (χ3n) is 5.63. The van der Waals surface area contributed by atoms with Crippen molar-refractivity contribution in [2.24, 2.45) is 5.92 Å². The molecule has 2 aromatic rings. The van der Waals surface area contributed by atoms with Gasteiger partial charge in [0.15, 0.2) is 0 Å². The molecule has 0 saturated carbocycles. The number of nitrogens with zero attached hydrogens (tertiary/aromatic N) is 5. The van der Waals surface area contributed by atoms with E-state index in [-0.39, 0.29) is 17.5 Å². The topological polar surface area (TPSA) is 122 Å². The highest BCUT2D eigenvalue weighted by atomic mass is 16.5. The smallest absolute Gasteiger partial charge is 0.335 e. The average molecular weight is 412 g/mol. The molecular weight excluding hydrogens is 388 g/mol. The lowest BCUT2D eigenvalue weighted by Crippen LogP contribution is -2.38. The molecule has 1 saturated heterocycles. The molecule has 1 atom stereocenters. The zero-order chi connectivity index (χ0) is 21.3. The first-order valence-corrected chi connectivity index (χ1v) is 10.0. The van der Waals surface area contributed by atoms with Crippen molar-refractivity contribution in [2.75, 3.05) is 29.9 Å². The molecule has 4 rings (SSSR count).